The second-order valence-electron chi connectivity index (χ2n) is 19.7. The zero-order chi connectivity index (χ0) is 55.8. The number of nitrogens with zero attached hydrogens (tertiary/aromatic N) is 8. The average Bonchev–Trinajstić information content (AvgIpc) is 4.28. The fraction of sp³-hybridized carbons (Fsp3) is 0.333. The first-order chi connectivity index (χ1) is 39.3. The van der Waals surface area contributed by atoms with E-state index in [0.717, 1.165) is 191 Å². The minimum Gasteiger partial charge on any atom is -0.357 e. The van der Waals surface area contributed by atoms with Crippen molar-refractivity contribution >= 4 is 44.1 Å². The van der Waals surface area contributed by atoms with Crippen LogP contribution in [0.4, 0.5) is 0 Å². The number of rotatable bonds is 8. The molecule has 81 heavy (non-hydrogen) atoms. The summed E-state index contributed by atoms with van der Waals surface area (Å²) >= 11 is 0. The van der Waals surface area contributed by atoms with Gasteiger partial charge in [-0.15, -0.1) is 0 Å². The van der Waals surface area contributed by atoms with Crippen LogP contribution in [0, 0.1) is 94.7 Å². The smallest absolute Gasteiger partial charge is 0.357 e. The first-order valence-corrected chi connectivity index (χ1v) is 28.7. The van der Waals surface area contributed by atoms with Crippen LogP contribution in [0.3, 0.4) is 0 Å². The van der Waals surface area contributed by atoms with Crippen LogP contribution in [0.25, 0.3) is 89.7 Å². The molecule has 0 saturated carbocycles. The number of fused-ring (bicyclic) bond motifs is 20. The summed E-state index contributed by atoms with van der Waals surface area (Å²) in [6.07, 6.45) is 13.4. The largest absolute Gasteiger partial charge is 2.00 e. The third-order valence-corrected chi connectivity index (χ3v) is 13.0. The van der Waals surface area contributed by atoms with Crippen LogP contribution in [-0.2, 0) is 19.5 Å². The molecule has 0 unspecified atom stereocenters. The maximum absolute atomic E-state index is 5.41. The first-order valence-electron chi connectivity index (χ1n) is 28.7. The van der Waals surface area contributed by atoms with Crippen LogP contribution in [0.1, 0.15) is 203 Å². The predicted octanol–water partition coefficient (Wildman–Crippen LogP) is 15.3. The number of benzene rings is 4. The van der Waals surface area contributed by atoms with Crippen molar-refractivity contribution in [3.8, 4) is 140 Å². The Labute approximate surface area is 492 Å². The summed E-state index contributed by atoms with van der Waals surface area (Å²) in [5, 5.41) is 2.99. The maximum atomic E-state index is 5.41. The molecular formula is C72H64N8Zn. The van der Waals surface area contributed by atoms with Crippen molar-refractivity contribution in [1.82, 2.24) is 39.9 Å². The molecule has 8 nitrogen and oxygen atoms in total. The maximum Gasteiger partial charge on any atom is 2.00 e. The molecule has 0 aliphatic carbocycles. The minimum atomic E-state index is 0. The molecule has 0 spiro atoms. The predicted molar refractivity (Wildman–Crippen MR) is 328 cm³/mol. The van der Waals surface area contributed by atoms with E-state index in [4.69, 9.17) is 39.9 Å². The molecule has 0 amide bonds. The molecule has 5 heterocycles. The van der Waals surface area contributed by atoms with Gasteiger partial charge in [-0.2, -0.15) is 0 Å². The quantitative estimate of drug-likeness (QED) is 0.109. The van der Waals surface area contributed by atoms with E-state index in [1.165, 1.54) is 0 Å². The third-order valence-electron chi connectivity index (χ3n) is 13.0. The molecule has 9 rings (SSSR count). The van der Waals surface area contributed by atoms with Crippen molar-refractivity contribution < 1.29 is 19.5 Å². The van der Waals surface area contributed by atoms with Crippen LogP contribution in [0.15, 0.2) is 48.5 Å². The Balaban J connectivity index is 0.00000860. The average molecular weight is 1110 g/mol. The van der Waals surface area contributed by atoms with Gasteiger partial charge in [0.05, 0.1) is 23.3 Å². The van der Waals surface area contributed by atoms with Crippen LogP contribution < -0.4 is 9.97 Å². The van der Waals surface area contributed by atoms with Gasteiger partial charge in [0.1, 0.15) is 0 Å². The Morgan fingerprint density at radius 2 is 0.432 bits per heavy atom. The third kappa shape index (κ3) is 13.5. The molecule has 394 valence electrons. The Bertz CT molecular complexity index is 3760. The zero-order valence-corrected chi connectivity index (χ0v) is 51.2. The van der Waals surface area contributed by atoms with E-state index in [9.17, 15) is 0 Å². The molecule has 2 aliphatic heterocycles. The molecule has 0 N–H and O–H groups in total. The van der Waals surface area contributed by atoms with Gasteiger partial charge in [0, 0.05) is 141 Å². The SMILES string of the molecule is CCCC#Cc1cc2c(cc1C#CCCC)-c1nc-2nc2[n-]c(nc3nc(nc4[n-]c(n1)c1cc(C#CCCC)c(C#CCCC)cc41)-c1cc(C#CCCC)c(C#CCCC)cc1-3)c1cc(C#CCCC)c(C#CCCC)cc21.[Zn+2]. The van der Waals surface area contributed by atoms with Crippen LogP contribution in [-0.4, -0.2) is 29.9 Å². The number of aromatic nitrogens is 8. The molecule has 0 radical (unpaired) electrons. The topological polar surface area (TPSA) is 106 Å². The second-order valence-corrected chi connectivity index (χ2v) is 19.7. The molecular weight excluding hydrogens is 1040 g/mol. The number of hydrogen-bond donors (Lipinski definition) is 0. The standard InChI is InChI=1S/C72H64N8.Zn/c1-9-17-25-33-49-41-57-58(42-50(49)34-26-18-10-2)66-73-65(57)77-67-59-43-51(35-27-19-11-3)52(36-28-20-12-4)44-60(59)69(74-67)79-71-63-47-55(39-31-23-15-7)56(40-32-24-16-8)48-64(63)72(76-71)80-70-62-46-54(38-30-22-14-6)53(37-29-21-13-5)45-61(62)68(75-70)78-66;/h41-48H,9-24H2,1-8H3;/q-2;+2. The molecule has 4 aromatic carbocycles. The van der Waals surface area contributed by atoms with Crippen LogP contribution in [0.2, 0.25) is 0 Å². The Kier molecular flexibility index (Phi) is 20.6. The zero-order valence-electron chi connectivity index (χ0n) is 48.2. The van der Waals surface area contributed by atoms with E-state index in [1.807, 2.05) is 0 Å². The summed E-state index contributed by atoms with van der Waals surface area (Å²) in [4.78, 5) is 42.8. The Morgan fingerprint density at radius 3 is 0.605 bits per heavy atom. The van der Waals surface area contributed by atoms with E-state index in [-0.39, 0.29) is 19.5 Å². The van der Waals surface area contributed by atoms with Gasteiger partial charge in [-0.1, -0.05) is 150 Å². The first kappa shape index (κ1) is 58.5. The van der Waals surface area contributed by atoms with Crippen molar-refractivity contribution in [3.05, 3.63) is 93.0 Å². The van der Waals surface area contributed by atoms with Gasteiger partial charge in [0.25, 0.3) is 0 Å². The van der Waals surface area contributed by atoms with Crippen molar-refractivity contribution in [2.24, 2.45) is 0 Å². The van der Waals surface area contributed by atoms with Gasteiger partial charge >= 0.3 is 19.5 Å². The summed E-state index contributed by atoms with van der Waals surface area (Å²) < 4.78 is 0. The van der Waals surface area contributed by atoms with Gasteiger partial charge in [-0.3, -0.25) is 0 Å². The van der Waals surface area contributed by atoms with Crippen molar-refractivity contribution in [1.29, 1.82) is 0 Å². The van der Waals surface area contributed by atoms with Gasteiger partial charge in [-0.25, -0.2) is 9.97 Å². The summed E-state index contributed by atoms with van der Waals surface area (Å²) in [6.45, 7) is 17.0. The summed E-state index contributed by atoms with van der Waals surface area (Å²) in [5.41, 5.74) is 11.0. The van der Waals surface area contributed by atoms with E-state index < -0.39 is 0 Å². The van der Waals surface area contributed by atoms with E-state index in [0.29, 0.717) is 45.9 Å². The normalized spacial score (nSPS) is 10.4. The van der Waals surface area contributed by atoms with Gasteiger partial charge in [-0.05, 0) is 121 Å². The van der Waals surface area contributed by atoms with Crippen LogP contribution >= 0.6 is 0 Å². The molecule has 0 fully saturated rings. The second kappa shape index (κ2) is 28.5. The molecule has 3 aromatic heterocycles. The number of hydrogen-bond acceptors (Lipinski definition) is 6. The molecule has 2 aliphatic rings. The molecule has 9 heteroatoms. The number of unbranched alkanes of at least 4 members (excludes halogenated alkanes) is 8. The van der Waals surface area contributed by atoms with E-state index in [2.05, 4.69) is 199 Å². The fourth-order valence-corrected chi connectivity index (χ4v) is 8.93. The molecule has 8 bridgehead atoms. The van der Waals surface area contributed by atoms with Crippen molar-refractivity contribution in [2.75, 3.05) is 0 Å². The summed E-state index contributed by atoms with van der Waals surface area (Å²) in [6, 6.07) is 16.4. The molecule has 7 aromatic rings. The van der Waals surface area contributed by atoms with Crippen LogP contribution in [0.5, 0.6) is 0 Å². The van der Waals surface area contributed by atoms with E-state index in [1.54, 1.807) is 0 Å². The minimum absolute atomic E-state index is 0. The fourth-order valence-electron chi connectivity index (χ4n) is 8.93. The van der Waals surface area contributed by atoms with E-state index >= 15 is 0 Å². The Morgan fingerprint density at radius 1 is 0.259 bits per heavy atom. The Hall–Kier alpha value is -8.66. The van der Waals surface area contributed by atoms with Crippen molar-refractivity contribution in [2.45, 2.75) is 158 Å². The van der Waals surface area contributed by atoms with Crippen molar-refractivity contribution in [3.63, 3.8) is 0 Å². The molecule has 0 atom stereocenters. The molecule has 0 saturated heterocycles. The summed E-state index contributed by atoms with van der Waals surface area (Å²) in [5.74, 6) is 56.3. The monoisotopic (exact) mass is 1100 g/mol. The van der Waals surface area contributed by atoms with Gasteiger partial charge < -0.3 is 29.9 Å². The van der Waals surface area contributed by atoms with Gasteiger partial charge in [0.15, 0.2) is 0 Å². The summed E-state index contributed by atoms with van der Waals surface area (Å²) in [7, 11) is 0. The van der Waals surface area contributed by atoms with Gasteiger partial charge in [0.2, 0.25) is 0 Å².